The lowest BCUT2D eigenvalue weighted by molar-refractivity contribution is -0.122. The summed E-state index contributed by atoms with van der Waals surface area (Å²) in [6.07, 6.45) is 1.37. The predicted octanol–water partition coefficient (Wildman–Crippen LogP) is 2.19. The molecule has 7 nitrogen and oxygen atoms in total. The van der Waals surface area contributed by atoms with E-state index in [1.807, 2.05) is 6.07 Å². The molecule has 3 amide bonds. The van der Waals surface area contributed by atoms with E-state index in [4.69, 9.17) is 4.74 Å². The molecule has 7 heteroatoms. The van der Waals surface area contributed by atoms with E-state index in [9.17, 15) is 14.4 Å². The number of hydrogen-bond donors (Lipinski definition) is 2. The van der Waals surface area contributed by atoms with Crippen molar-refractivity contribution in [3.05, 3.63) is 54.1 Å². The summed E-state index contributed by atoms with van der Waals surface area (Å²) in [6.45, 7) is 0.578. The van der Waals surface area contributed by atoms with Crippen molar-refractivity contribution >= 4 is 29.1 Å². The van der Waals surface area contributed by atoms with Gasteiger partial charge < -0.3 is 20.3 Å². The maximum Gasteiger partial charge on any atom is 0.257 e. The zero-order chi connectivity index (χ0) is 19.2. The molecule has 0 unspecified atom stereocenters. The molecule has 2 aromatic rings. The van der Waals surface area contributed by atoms with Crippen LogP contribution in [0.1, 0.15) is 23.2 Å². The lowest BCUT2D eigenvalue weighted by Gasteiger charge is -2.16. The molecule has 2 aromatic carbocycles. The fourth-order valence-electron chi connectivity index (χ4n) is 2.82. The summed E-state index contributed by atoms with van der Waals surface area (Å²) >= 11 is 0. The van der Waals surface area contributed by atoms with E-state index < -0.39 is 0 Å². The molecule has 0 bridgehead atoms. The number of likely N-dealkylation sites (N-methyl/N-ethyl adjacent to an activating group) is 1. The number of hydrogen-bond acceptors (Lipinski definition) is 4. The minimum absolute atomic E-state index is 0.0773. The summed E-state index contributed by atoms with van der Waals surface area (Å²) in [4.78, 5) is 37.4. The van der Waals surface area contributed by atoms with E-state index >= 15 is 0 Å². The van der Waals surface area contributed by atoms with Gasteiger partial charge in [0.15, 0.2) is 6.61 Å². The van der Waals surface area contributed by atoms with Crippen LogP contribution in [0.2, 0.25) is 0 Å². The molecule has 3 rings (SSSR count). The average molecular weight is 367 g/mol. The second-order valence-corrected chi connectivity index (χ2v) is 6.14. The lowest BCUT2D eigenvalue weighted by Crippen LogP contribution is -2.24. The zero-order valence-electron chi connectivity index (χ0n) is 15.0. The molecule has 0 radical (unpaired) electrons. The first-order valence-electron chi connectivity index (χ1n) is 8.72. The SMILES string of the molecule is CNC(=O)COc1cccc(NC(=O)c2cccc(N3CCCC3=O)c2)c1. The first-order valence-corrected chi connectivity index (χ1v) is 8.72. The zero-order valence-corrected chi connectivity index (χ0v) is 15.0. The second kappa shape index (κ2) is 8.35. The van der Waals surface area contributed by atoms with Crippen LogP contribution in [0.4, 0.5) is 11.4 Å². The number of anilines is 2. The predicted molar refractivity (Wildman–Crippen MR) is 102 cm³/mol. The number of ether oxygens (including phenoxy) is 1. The van der Waals surface area contributed by atoms with Crippen LogP contribution in [0.15, 0.2) is 48.5 Å². The Morgan fingerprint density at radius 1 is 1.15 bits per heavy atom. The molecular formula is C20H21N3O4. The molecule has 27 heavy (non-hydrogen) atoms. The van der Waals surface area contributed by atoms with Crippen LogP contribution in [0.5, 0.6) is 5.75 Å². The summed E-state index contributed by atoms with van der Waals surface area (Å²) in [5, 5.41) is 5.28. The van der Waals surface area contributed by atoms with Crippen molar-refractivity contribution in [1.82, 2.24) is 5.32 Å². The van der Waals surface area contributed by atoms with Gasteiger partial charge in [-0.25, -0.2) is 0 Å². The Balaban J connectivity index is 1.68. The maximum absolute atomic E-state index is 12.6. The number of rotatable bonds is 6. The van der Waals surface area contributed by atoms with Gasteiger partial charge in [-0.05, 0) is 36.8 Å². The third-order valence-corrected chi connectivity index (χ3v) is 4.23. The van der Waals surface area contributed by atoms with Gasteiger partial charge in [-0.2, -0.15) is 0 Å². The number of carbonyl (C=O) groups is 3. The Morgan fingerprint density at radius 3 is 2.70 bits per heavy atom. The molecule has 0 saturated carbocycles. The van der Waals surface area contributed by atoms with Gasteiger partial charge in [-0.3, -0.25) is 14.4 Å². The summed E-state index contributed by atoms with van der Waals surface area (Å²) < 4.78 is 5.38. The largest absolute Gasteiger partial charge is 0.484 e. The highest BCUT2D eigenvalue weighted by atomic mass is 16.5. The molecule has 0 aliphatic carbocycles. The number of nitrogens with one attached hydrogen (secondary N) is 2. The van der Waals surface area contributed by atoms with Crippen molar-refractivity contribution < 1.29 is 19.1 Å². The van der Waals surface area contributed by atoms with Crippen molar-refractivity contribution in [2.75, 3.05) is 30.4 Å². The van der Waals surface area contributed by atoms with Crippen LogP contribution in [0.3, 0.4) is 0 Å². The van der Waals surface area contributed by atoms with E-state index in [1.165, 1.54) is 7.05 Å². The van der Waals surface area contributed by atoms with Crippen molar-refractivity contribution in [3.63, 3.8) is 0 Å². The van der Waals surface area contributed by atoms with Gasteiger partial charge in [0.2, 0.25) is 5.91 Å². The molecular weight excluding hydrogens is 346 g/mol. The summed E-state index contributed by atoms with van der Waals surface area (Å²) in [5.74, 6) is 0.0333. The molecule has 1 saturated heterocycles. The van der Waals surface area contributed by atoms with Gasteiger partial charge in [0.05, 0.1) is 0 Å². The van der Waals surface area contributed by atoms with Gasteiger partial charge in [0.25, 0.3) is 11.8 Å². The Kier molecular flexibility index (Phi) is 5.71. The number of benzene rings is 2. The minimum atomic E-state index is -0.285. The van der Waals surface area contributed by atoms with Crippen molar-refractivity contribution in [1.29, 1.82) is 0 Å². The van der Waals surface area contributed by atoms with Crippen molar-refractivity contribution in [3.8, 4) is 5.75 Å². The Bertz CT molecular complexity index is 866. The Morgan fingerprint density at radius 2 is 1.96 bits per heavy atom. The Labute approximate surface area is 157 Å². The third-order valence-electron chi connectivity index (χ3n) is 4.23. The van der Waals surface area contributed by atoms with Gasteiger partial charge in [-0.1, -0.05) is 12.1 Å². The third kappa shape index (κ3) is 4.63. The van der Waals surface area contributed by atoms with E-state index in [0.29, 0.717) is 30.0 Å². The van der Waals surface area contributed by atoms with Gasteiger partial charge >= 0.3 is 0 Å². The maximum atomic E-state index is 12.6. The molecule has 1 heterocycles. The quantitative estimate of drug-likeness (QED) is 0.819. The van der Waals surface area contributed by atoms with E-state index in [0.717, 1.165) is 12.1 Å². The van der Waals surface area contributed by atoms with Crippen LogP contribution < -0.4 is 20.3 Å². The van der Waals surface area contributed by atoms with Crippen LogP contribution in [0, 0.1) is 0 Å². The van der Waals surface area contributed by atoms with Gasteiger partial charge in [-0.15, -0.1) is 0 Å². The summed E-state index contributed by atoms with van der Waals surface area (Å²) in [5.41, 5.74) is 1.74. The fraction of sp³-hybridized carbons (Fsp3) is 0.250. The normalized spacial score (nSPS) is 13.4. The second-order valence-electron chi connectivity index (χ2n) is 6.14. The standard InChI is InChI=1S/C20H21N3O4/c1-21-18(24)13-27-17-8-3-6-15(12-17)22-20(26)14-5-2-7-16(11-14)23-10-4-9-19(23)25/h2-3,5-8,11-12H,4,9-10,13H2,1H3,(H,21,24)(H,22,26). The molecule has 1 aliphatic rings. The van der Waals surface area contributed by atoms with E-state index in [1.54, 1.807) is 47.4 Å². The topological polar surface area (TPSA) is 87.7 Å². The van der Waals surface area contributed by atoms with Crippen molar-refractivity contribution in [2.45, 2.75) is 12.8 Å². The van der Waals surface area contributed by atoms with E-state index in [2.05, 4.69) is 10.6 Å². The van der Waals surface area contributed by atoms with Crippen LogP contribution >= 0.6 is 0 Å². The average Bonchev–Trinajstić information content (AvgIpc) is 3.12. The minimum Gasteiger partial charge on any atom is -0.484 e. The van der Waals surface area contributed by atoms with Gasteiger partial charge in [0, 0.05) is 43.0 Å². The molecule has 140 valence electrons. The monoisotopic (exact) mass is 367 g/mol. The molecule has 1 aliphatic heterocycles. The highest BCUT2D eigenvalue weighted by molar-refractivity contribution is 6.05. The lowest BCUT2D eigenvalue weighted by atomic mass is 10.1. The molecule has 0 spiro atoms. The highest BCUT2D eigenvalue weighted by Crippen LogP contribution is 2.23. The van der Waals surface area contributed by atoms with Crippen LogP contribution in [-0.4, -0.2) is 37.9 Å². The molecule has 1 fully saturated rings. The van der Waals surface area contributed by atoms with Crippen LogP contribution in [-0.2, 0) is 9.59 Å². The number of amides is 3. The smallest absolute Gasteiger partial charge is 0.257 e. The van der Waals surface area contributed by atoms with E-state index in [-0.39, 0.29) is 24.3 Å². The molecule has 0 atom stereocenters. The highest BCUT2D eigenvalue weighted by Gasteiger charge is 2.22. The first-order chi connectivity index (χ1) is 13.1. The van der Waals surface area contributed by atoms with Crippen LogP contribution in [0.25, 0.3) is 0 Å². The van der Waals surface area contributed by atoms with Crippen molar-refractivity contribution in [2.24, 2.45) is 0 Å². The van der Waals surface area contributed by atoms with Gasteiger partial charge in [0.1, 0.15) is 5.75 Å². The number of carbonyl (C=O) groups excluding carboxylic acids is 3. The fourth-order valence-corrected chi connectivity index (χ4v) is 2.82. The first kappa shape index (κ1) is 18.4. The number of nitrogens with zero attached hydrogens (tertiary/aromatic N) is 1. The molecule has 2 N–H and O–H groups in total. The molecule has 0 aromatic heterocycles. The summed E-state index contributed by atoms with van der Waals surface area (Å²) in [7, 11) is 1.53. The summed E-state index contributed by atoms with van der Waals surface area (Å²) in [6, 6.07) is 13.8. The Hall–Kier alpha value is -3.35.